The monoisotopic (exact) mass is 419 g/mol. The maximum Gasteiger partial charge on any atom is 0.431 e. The zero-order valence-electron chi connectivity index (χ0n) is 15.9. The number of halogens is 3. The van der Waals surface area contributed by atoms with Crippen molar-refractivity contribution in [3.63, 3.8) is 0 Å². The van der Waals surface area contributed by atoms with E-state index in [1.807, 2.05) is 24.3 Å². The molecule has 2 atom stereocenters. The second-order valence-electron chi connectivity index (χ2n) is 7.35. The van der Waals surface area contributed by atoms with E-state index in [-0.39, 0.29) is 17.7 Å². The Morgan fingerprint density at radius 1 is 1.13 bits per heavy atom. The van der Waals surface area contributed by atoms with Gasteiger partial charge in [-0.05, 0) is 12.1 Å². The average molecular weight is 419 g/mol. The number of aromatic amines is 1. The van der Waals surface area contributed by atoms with Gasteiger partial charge in [0, 0.05) is 18.7 Å². The molecule has 1 fully saturated rings. The number of aromatic nitrogens is 3. The van der Waals surface area contributed by atoms with E-state index in [4.69, 9.17) is 9.47 Å². The molecule has 3 aromatic rings. The lowest BCUT2D eigenvalue weighted by Gasteiger charge is -2.42. The number of H-pyrrole nitrogens is 1. The topological polar surface area (TPSA) is 75.3 Å². The summed E-state index contributed by atoms with van der Waals surface area (Å²) in [4.78, 5) is 12.8. The molecule has 0 amide bonds. The molecular weight excluding hydrogens is 399 g/mol. The highest BCUT2D eigenvalue weighted by Gasteiger charge is 2.37. The second kappa shape index (κ2) is 7.44. The maximum atomic E-state index is 13.2. The third-order valence-corrected chi connectivity index (χ3v) is 5.59. The minimum absolute atomic E-state index is 0.0187. The van der Waals surface area contributed by atoms with Gasteiger partial charge in [0.05, 0.1) is 30.7 Å². The number of morpholine rings is 1. The first-order valence-electron chi connectivity index (χ1n) is 9.71. The molecule has 0 spiro atoms. The highest BCUT2D eigenvalue weighted by Crippen LogP contribution is 2.38. The molecule has 2 aromatic heterocycles. The van der Waals surface area contributed by atoms with Crippen LogP contribution in [0.5, 0.6) is 5.75 Å². The molecule has 1 saturated heterocycles. The summed E-state index contributed by atoms with van der Waals surface area (Å²) in [6.45, 7) is 3.25. The van der Waals surface area contributed by atoms with Gasteiger partial charge >= 0.3 is 6.18 Å². The molecule has 5 rings (SSSR count). The Morgan fingerprint density at radius 3 is 2.73 bits per heavy atom. The van der Waals surface area contributed by atoms with Gasteiger partial charge in [-0.1, -0.05) is 18.2 Å². The summed E-state index contributed by atoms with van der Waals surface area (Å²) in [5.74, 6) is 1.11. The SMILES string of the molecule is FC(F)(F)c1cc2c(N[C@H]3c4ccccc4OC[C@@H]3N3CCOCC3)ncnc2[nH]1. The van der Waals surface area contributed by atoms with Crippen LogP contribution >= 0.6 is 0 Å². The molecule has 7 nitrogen and oxygen atoms in total. The number of nitrogens with one attached hydrogen (secondary N) is 2. The number of para-hydroxylation sites is 1. The standard InChI is InChI=1S/C20H20F3N5O2/c21-20(22,23)16-9-13-18(26-16)24-11-25-19(13)27-17-12-3-1-2-4-15(12)30-10-14(17)28-5-7-29-8-6-28/h1-4,9,11,14,17H,5-8,10H2,(H2,24,25,26,27)/t14-,17-/m0/s1. The highest BCUT2D eigenvalue weighted by molar-refractivity contribution is 5.88. The molecule has 0 aliphatic carbocycles. The molecule has 2 aliphatic heterocycles. The Balaban J connectivity index is 1.54. The van der Waals surface area contributed by atoms with Gasteiger partial charge in [0.2, 0.25) is 0 Å². The Morgan fingerprint density at radius 2 is 1.93 bits per heavy atom. The summed E-state index contributed by atoms with van der Waals surface area (Å²) in [7, 11) is 0. The van der Waals surface area contributed by atoms with Crippen molar-refractivity contribution in [3.05, 3.63) is 47.9 Å². The van der Waals surface area contributed by atoms with E-state index in [1.165, 1.54) is 6.33 Å². The van der Waals surface area contributed by atoms with Crippen LogP contribution in [-0.4, -0.2) is 58.8 Å². The molecule has 158 valence electrons. The largest absolute Gasteiger partial charge is 0.491 e. The Bertz CT molecular complexity index is 1050. The van der Waals surface area contributed by atoms with E-state index in [1.54, 1.807) is 0 Å². The van der Waals surface area contributed by atoms with E-state index in [9.17, 15) is 13.2 Å². The Labute approximate surface area is 170 Å². The van der Waals surface area contributed by atoms with Crippen molar-refractivity contribution < 1.29 is 22.6 Å². The number of fused-ring (bicyclic) bond motifs is 2. The Kier molecular flexibility index (Phi) is 4.75. The van der Waals surface area contributed by atoms with Gasteiger partial charge in [0.1, 0.15) is 35.8 Å². The van der Waals surface area contributed by atoms with Crippen LogP contribution in [0.15, 0.2) is 36.7 Å². The molecule has 2 aliphatic rings. The van der Waals surface area contributed by atoms with Crippen LogP contribution in [0.4, 0.5) is 19.0 Å². The van der Waals surface area contributed by atoms with Crippen LogP contribution in [0.25, 0.3) is 11.0 Å². The number of alkyl halides is 3. The van der Waals surface area contributed by atoms with Gasteiger partial charge in [-0.2, -0.15) is 13.2 Å². The van der Waals surface area contributed by atoms with Crippen LogP contribution in [0.3, 0.4) is 0 Å². The third kappa shape index (κ3) is 3.46. The van der Waals surface area contributed by atoms with Crippen molar-refractivity contribution in [2.45, 2.75) is 18.3 Å². The van der Waals surface area contributed by atoms with Gasteiger partial charge in [-0.25, -0.2) is 9.97 Å². The molecule has 4 heterocycles. The molecule has 10 heteroatoms. The fourth-order valence-electron chi connectivity index (χ4n) is 4.10. The molecule has 30 heavy (non-hydrogen) atoms. The number of anilines is 1. The van der Waals surface area contributed by atoms with Gasteiger partial charge in [0.25, 0.3) is 0 Å². The summed E-state index contributed by atoms with van der Waals surface area (Å²) in [5, 5.41) is 3.69. The van der Waals surface area contributed by atoms with E-state index < -0.39 is 11.9 Å². The first-order valence-corrected chi connectivity index (χ1v) is 9.71. The molecule has 2 N–H and O–H groups in total. The van der Waals surface area contributed by atoms with Gasteiger partial charge in [0.15, 0.2) is 0 Å². The van der Waals surface area contributed by atoms with Crippen molar-refractivity contribution in [1.29, 1.82) is 0 Å². The first kappa shape index (κ1) is 19.1. The minimum Gasteiger partial charge on any atom is -0.491 e. The van der Waals surface area contributed by atoms with E-state index in [2.05, 4.69) is 25.2 Å². The number of hydrogen-bond donors (Lipinski definition) is 2. The van der Waals surface area contributed by atoms with E-state index >= 15 is 0 Å². The predicted molar refractivity (Wildman–Crippen MR) is 103 cm³/mol. The third-order valence-electron chi connectivity index (χ3n) is 5.59. The maximum absolute atomic E-state index is 13.2. The van der Waals surface area contributed by atoms with Crippen LogP contribution < -0.4 is 10.1 Å². The zero-order chi connectivity index (χ0) is 20.7. The molecular formula is C20H20F3N5O2. The summed E-state index contributed by atoms with van der Waals surface area (Å²) < 4.78 is 51.0. The van der Waals surface area contributed by atoms with Crippen molar-refractivity contribution in [1.82, 2.24) is 19.9 Å². The predicted octanol–water partition coefficient (Wildman–Crippen LogP) is 3.22. The lowest BCUT2D eigenvalue weighted by Crippen LogP contribution is -2.52. The first-order chi connectivity index (χ1) is 14.5. The van der Waals surface area contributed by atoms with Crippen LogP contribution in [0.2, 0.25) is 0 Å². The van der Waals surface area contributed by atoms with Crippen LogP contribution in [-0.2, 0) is 10.9 Å². The molecule has 0 saturated carbocycles. The summed E-state index contributed by atoms with van der Waals surface area (Å²) >= 11 is 0. The fourth-order valence-corrected chi connectivity index (χ4v) is 4.10. The fraction of sp³-hybridized carbons (Fsp3) is 0.400. The molecule has 0 bridgehead atoms. The number of hydrogen-bond acceptors (Lipinski definition) is 6. The second-order valence-corrected chi connectivity index (χ2v) is 7.35. The number of ether oxygens (including phenoxy) is 2. The highest BCUT2D eigenvalue weighted by atomic mass is 19.4. The van der Waals surface area contributed by atoms with Crippen molar-refractivity contribution in [2.75, 3.05) is 38.2 Å². The normalized spacial score (nSPS) is 22.5. The lowest BCUT2D eigenvalue weighted by atomic mass is 9.94. The Hall–Kier alpha value is -2.85. The van der Waals surface area contributed by atoms with E-state index in [0.29, 0.717) is 31.0 Å². The number of rotatable bonds is 3. The van der Waals surface area contributed by atoms with Crippen LogP contribution in [0, 0.1) is 0 Å². The quantitative estimate of drug-likeness (QED) is 0.679. The summed E-state index contributed by atoms with van der Waals surface area (Å²) in [6.07, 6.45) is -3.23. The summed E-state index contributed by atoms with van der Waals surface area (Å²) in [5.41, 5.74) is 0.236. The lowest BCUT2D eigenvalue weighted by molar-refractivity contribution is -0.140. The van der Waals surface area contributed by atoms with Crippen molar-refractivity contribution in [2.24, 2.45) is 0 Å². The van der Waals surface area contributed by atoms with Gasteiger partial charge < -0.3 is 19.8 Å². The van der Waals surface area contributed by atoms with E-state index in [0.717, 1.165) is 30.5 Å². The van der Waals surface area contributed by atoms with Crippen molar-refractivity contribution >= 4 is 16.9 Å². The number of benzene rings is 1. The van der Waals surface area contributed by atoms with Crippen molar-refractivity contribution in [3.8, 4) is 5.75 Å². The van der Waals surface area contributed by atoms with Crippen LogP contribution in [0.1, 0.15) is 17.3 Å². The average Bonchev–Trinajstić information content (AvgIpc) is 3.21. The minimum atomic E-state index is -4.49. The smallest absolute Gasteiger partial charge is 0.431 e. The summed E-state index contributed by atoms with van der Waals surface area (Å²) in [6, 6.07) is 8.50. The molecule has 0 unspecified atom stereocenters. The number of nitrogens with zero attached hydrogens (tertiary/aromatic N) is 3. The molecule has 0 radical (unpaired) electrons. The zero-order valence-corrected chi connectivity index (χ0v) is 15.9. The van der Waals surface area contributed by atoms with Gasteiger partial charge in [-0.3, -0.25) is 4.90 Å². The van der Waals surface area contributed by atoms with Gasteiger partial charge in [-0.15, -0.1) is 0 Å². The molecule has 1 aromatic carbocycles.